The van der Waals surface area contributed by atoms with E-state index in [9.17, 15) is 4.39 Å². The van der Waals surface area contributed by atoms with Crippen LogP contribution < -0.4 is 4.74 Å². The zero-order chi connectivity index (χ0) is 11.1. The molecule has 0 bridgehead atoms. The zero-order valence-corrected chi connectivity index (χ0v) is 10.4. The maximum atomic E-state index is 13.2. The van der Waals surface area contributed by atoms with Gasteiger partial charge in [0.2, 0.25) is 5.88 Å². The molecule has 84 valence electrons. The van der Waals surface area contributed by atoms with Gasteiger partial charge in [-0.05, 0) is 28.4 Å². The van der Waals surface area contributed by atoms with Gasteiger partial charge < -0.3 is 4.74 Å². The molecule has 4 heteroatoms. The van der Waals surface area contributed by atoms with Gasteiger partial charge in [-0.1, -0.05) is 26.2 Å². The molecule has 0 saturated carbocycles. The predicted molar refractivity (Wildman–Crippen MR) is 61.5 cm³/mol. The first kappa shape index (κ1) is 12.4. The second-order valence-electron chi connectivity index (χ2n) is 3.35. The second kappa shape index (κ2) is 6.77. The van der Waals surface area contributed by atoms with Gasteiger partial charge in [-0.15, -0.1) is 0 Å². The van der Waals surface area contributed by atoms with Crippen LogP contribution in [0.2, 0.25) is 0 Å². The maximum absolute atomic E-state index is 13.2. The SMILES string of the molecule is CCCCCCOc1ncc(Br)cc1F. The Morgan fingerprint density at radius 1 is 1.40 bits per heavy atom. The van der Waals surface area contributed by atoms with Gasteiger partial charge in [0.25, 0.3) is 0 Å². The molecule has 0 amide bonds. The van der Waals surface area contributed by atoms with Gasteiger partial charge in [0, 0.05) is 10.7 Å². The van der Waals surface area contributed by atoms with Crippen LogP contribution in [0.5, 0.6) is 5.88 Å². The van der Waals surface area contributed by atoms with E-state index in [0.717, 1.165) is 12.8 Å². The third kappa shape index (κ3) is 4.60. The van der Waals surface area contributed by atoms with Crippen LogP contribution in [0.1, 0.15) is 32.6 Å². The third-order valence-electron chi connectivity index (χ3n) is 2.01. The molecule has 1 aromatic rings. The number of unbranched alkanes of at least 4 members (excludes halogenated alkanes) is 3. The highest BCUT2D eigenvalue weighted by Crippen LogP contribution is 2.18. The Morgan fingerprint density at radius 3 is 2.87 bits per heavy atom. The first-order chi connectivity index (χ1) is 7.24. The van der Waals surface area contributed by atoms with E-state index in [4.69, 9.17) is 4.74 Å². The summed E-state index contributed by atoms with van der Waals surface area (Å²) >= 11 is 3.14. The molecule has 1 heterocycles. The molecule has 0 fully saturated rings. The lowest BCUT2D eigenvalue weighted by Gasteiger charge is -2.05. The Balaban J connectivity index is 2.31. The lowest BCUT2D eigenvalue weighted by molar-refractivity contribution is 0.278. The van der Waals surface area contributed by atoms with E-state index in [1.807, 2.05) is 0 Å². The van der Waals surface area contributed by atoms with Crippen LogP contribution in [0.4, 0.5) is 4.39 Å². The first-order valence-electron chi connectivity index (χ1n) is 5.18. The number of pyridine rings is 1. The molecular formula is C11H15BrFNO. The molecule has 1 aromatic heterocycles. The number of rotatable bonds is 6. The molecule has 2 nitrogen and oxygen atoms in total. The molecule has 1 rings (SSSR count). The normalized spacial score (nSPS) is 10.3. The van der Waals surface area contributed by atoms with Crippen molar-refractivity contribution in [1.82, 2.24) is 4.98 Å². The van der Waals surface area contributed by atoms with Crippen molar-refractivity contribution in [3.63, 3.8) is 0 Å². The van der Waals surface area contributed by atoms with E-state index in [2.05, 4.69) is 27.8 Å². The summed E-state index contributed by atoms with van der Waals surface area (Å²) in [5.41, 5.74) is 0. The fraction of sp³-hybridized carbons (Fsp3) is 0.545. The predicted octanol–water partition coefficient (Wildman–Crippen LogP) is 3.94. The van der Waals surface area contributed by atoms with Crippen LogP contribution >= 0.6 is 15.9 Å². The highest BCUT2D eigenvalue weighted by atomic mass is 79.9. The van der Waals surface area contributed by atoms with Crippen molar-refractivity contribution in [2.75, 3.05) is 6.61 Å². The van der Waals surface area contributed by atoms with Crippen LogP contribution in [-0.2, 0) is 0 Å². The minimum Gasteiger partial charge on any atom is -0.476 e. The molecule has 0 aliphatic rings. The smallest absolute Gasteiger partial charge is 0.250 e. The van der Waals surface area contributed by atoms with Crippen molar-refractivity contribution in [2.45, 2.75) is 32.6 Å². The number of hydrogen-bond donors (Lipinski definition) is 0. The number of aromatic nitrogens is 1. The van der Waals surface area contributed by atoms with Crippen LogP contribution in [0.15, 0.2) is 16.7 Å². The summed E-state index contributed by atoms with van der Waals surface area (Å²) in [6.45, 7) is 2.68. The van der Waals surface area contributed by atoms with Crippen molar-refractivity contribution in [3.05, 3.63) is 22.6 Å². The zero-order valence-electron chi connectivity index (χ0n) is 8.80. The topological polar surface area (TPSA) is 22.1 Å². The van der Waals surface area contributed by atoms with Crippen molar-refractivity contribution in [2.24, 2.45) is 0 Å². The van der Waals surface area contributed by atoms with Crippen LogP contribution in [0.25, 0.3) is 0 Å². The molecule has 0 aromatic carbocycles. The maximum Gasteiger partial charge on any atom is 0.250 e. The molecule has 0 aliphatic carbocycles. The van der Waals surface area contributed by atoms with Gasteiger partial charge in [0.1, 0.15) is 0 Å². The molecule has 0 spiro atoms. The number of ether oxygens (including phenoxy) is 1. The molecule has 0 aliphatic heterocycles. The average molecular weight is 276 g/mol. The minimum atomic E-state index is -0.417. The number of halogens is 2. The quantitative estimate of drug-likeness (QED) is 0.734. The Hall–Kier alpha value is -0.640. The second-order valence-corrected chi connectivity index (χ2v) is 4.27. The molecule has 0 atom stereocenters. The summed E-state index contributed by atoms with van der Waals surface area (Å²) in [5, 5.41) is 0. The van der Waals surface area contributed by atoms with Gasteiger partial charge in [0.15, 0.2) is 5.82 Å². The van der Waals surface area contributed by atoms with Gasteiger partial charge in [-0.3, -0.25) is 0 Å². The monoisotopic (exact) mass is 275 g/mol. The molecule has 15 heavy (non-hydrogen) atoms. The standard InChI is InChI=1S/C11H15BrFNO/c1-2-3-4-5-6-15-11-10(13)7-9(12)8-14-11/h7-8H,2-6H2,1H3. The average Bonchev–Trinajstić information content (AvgIpc) is 2.20. The van der Waals surface area contributed by atoms with Gasteiger partial charge >= 0.3 is 0 Å². The van der Waals surface area contributed by atoms with Crippen LogP contribution in [-0.4, -0.2) is 11.6 Å². The van der Waals surface area contributed by atoms with Crippen molar-refractivity contribution >= 4 is 15.9 Å². The summed E-state index contributed by atoms with van der Waals surface area (Å²) in [5.74, 6) is -0.324. The summed E-state index contributed by atoms with van der Waals surface area (Å²) in [4.78, 5) is 3.85. The highest BCUT2D eigenvalue weighted by Gasteiger charge is 2.04. The Kier molecular flexibility index (Phi) is 5.61. The summed E-state index contributed by atoms with van der Waals surface area (Å²) < 4.78 is 19.1. The fourth-order valence-electron chi connectivity index (χ4n) is 1.21. The van der Waals surface area contributed by atoms with Gasteiger partial charge in [0.05, 0.1) is 6.61 Å². The third-order valence-corrected chi connectivity index (χ3v) is 2.44. The van der Waals surface area contributed by atoms with Crippen molar-refractivity contribution in [1.29, 1.82) is 0 Å². The van der Waals surface area contributed by atoms with E-state index in [0.29, 0.717) is 11.1 Å². The van der Waals surface area contributed by atoms with E-state index >= 15 is 0 Å². The van der Waals surface area contributed by atoms with E-state index < -0.39 is 5.82 Å². The van der Waals surface area contributed by atoms with E-state index in [1.165, 1.54) is 25.1 Å². The number of nitrogens with zero attached hydrogens (tertiary/aromatic N) is 1. The number of hydrogen-bond acceptors (Lipinski definition) is 2. The van der Waals surface area contributed by atoms with Crippen molar-refractivity contribution in [3.8, 4) is 5.88 Å². The van der Waals surface area contributed by atoms with Crippen LogP contribution in [0.3, 0.4) is 0 Å². The van der Waals surface area contributed by atoms with Gasteiger partial charge in [-0.2, -0.15) is 0 Å². The van der Waals surface area contributed by atoms with E-state index in [-0.39, 0.29) is 5.88 Å². The molecule has 0 N–H and O–H groups in total. The largest absolute Gasteiger partial charge is 0.476 e. The molecular weight excluding hydrogens is 261 g/mol. The van der Waals surface area contributed by atoms with Gasteiger partial charge in [-0.25, -0.2) is 9.37 Å². The van der Waals surface area contributed by atoms with E-state index in [1.54, 1.807) is 0 Å². The fourth-order valence-corrected chi connectivity index (χ4v) is 1.51. The Labute approximate surface area is 98.0 Å². The molecule has 0 radical (unpaired) electrons. The van der Waals surface area contributed by atoms with Crippen LogP contribution in [0, 0.1) is 5.82 Å². The molecule has 0 saturated heterocycles. The van der Waals surface area contributed by atoms with Crippen molar-refractivity contribution < 1.29 is 9.13 Å². The summed E-state index contributed by atoms with van der Waals surface area (Å²) in [6.07, 6.45) is 5.98. The minimum absolute atomic E-state index is 0.0923. The molecule has 0 unspecified atom stereocenters. The summed E-state index contributed by atoms with van der Waals surface area (Å²) in [6, 6.07) is 1.36. The summed E-state index contributed by atoms with van der Waals surface area (Å²) in [7, 11) is 0. The lowest BCUT2D eigenvalue weighted by Crippen LogP contribution is -2.01. The Bertz CT molecular complexity index is 307. The first-order valence-corrected chi connectivity index (χ1v) is 5.97. The highest BCUT2D eigenvalue weighted by molar-refractivity contribution is 9.10. The lowest BCUT2D eigenvalue weighted by atomic mass is 10.2. The Morgan fingerprint density at radius 2 is 2.20 bits per heavy atom.